The summed E-state index contributed by atoms with van der Waals surface area (Å²) in [5, 5.41) is 77.8. The molecule has 1 saturated heterocycles. The standard InChI is InChI=1S/C15H30O12/c1-15(25-3,13(23)11(21)8(18)6(17)4-16)26-5-7-9(19)10(20)12(22)14(24-2)27-7/h6-14,16-23H,4-5H2,1-3H3/t6-,7+,8+,9+,10-,11-,12+,13-,14-,15-/m0/s1. The second-order valence-corrected chi connectivity index (χ2v) is 6.46. The minimum Gasteiger partial charge on any atom is -0.394 e. The van der Waals surface area contributed by atoms with Crippen LogP contribution in [-0.2, 0) is 18.9 Å². The molecule has 162 valence electrons. The quantitative estimate of drug-likeness (QED) is 0.163. The Labute approximate surface area is 156 Å². The van der Waals surface area contributed by atoms with Gasteiger partial charge in [-0.15, -0.1) is 0 Å². The Balaban J connectivity index is 2.81. The lowest BCUT2D eigenvalue weighted by Gasteiger charge is -2.42. The van der Waals surface area contributed by atoms with E-state index in [1.807, 2.05) is 0 Å². The normalized spacial score (nSPS) is 35.9. The van der Waals surface area contributed by atoms with Gasteiger partial charge in [-0.2, -0.15) is 0 Å². The molecule has 1 aliphatic heterocycles. The van der Waals surface area contributed by atoms with Crippen molar-refractivity contribution < 1.29 is 59.8 Å². The second kappa shape index (κ2) is 10.3. The Morgan fingerprint density at radius 2 is 1.56 bits per heavy atom. The lowest BCUT2D eigenvalue weighted by atomic mass is 9.97. The Morgan fingerprint density at radius 3 is 2.04 bits per heavy atom. The summed E-state index contributed by atoms with van der Waals surface area (Å²) in [6.07, 6.45) is -14.5. The molecular formula is C15H30O12. The Hall–Kier alpha value is -0.480. The number of hydrogen-bond acceptors (Lipinski definition) is 12. The maximum atomic E-state index is 10.3. The summed E-state index contributed by atoms with van der Waals surface area (Å²) in [5.41, 5.74) is 0. The van der Waals surface area contributed by atoms with Crippen molar-refractivity contribution in [3.8, 4) is 0 Å². The summed E-state index contributed by atoms with van der Waals surface area (Å²) < 4.78 is 20.6. The highest BCUT2D eigenvalue weighted by Crippen LogP contribution is 2.26. The molecule has 27 heavy (non-hydrogen) atoms. The minimum absolute atomic E-state index is 0.461. The highest BCUT2D eigenvalue weighted by Gasteiger charge is 2.47. The van der Waals surface area contributed by atoms with Gasteiger partial charge in [0.25, 0.3) is 0 Å². The molecule has 0 amide bonds. The fourth-order valence-corrected chi connectivity index (χ4v) is 2.59. The largest absolute Gasteiger partial charge is 0.394 e. The molecule has 1 rings (SSSR count). The summed E-state index contributed by atoms with van der Waals surface area (Å²) in [6, 6.07) is 0. The van der Waals surface area contributed by atoms with Crippen molar-refractivity contribution in [3.63, 3.8) is 0 Å². The average molecular weight is 402 g/mol. The maximum absolute atomic E-state index is 10.3. The van der Waals surface area contributed by atoms with Crippen LogP contribution in [0.5, 0.6) is 0 Å². The molecule has 0 aromatic carbocycles. The third kappa shape index (κ3) is 5.53. The molecule has 12 nitrogen and oxygen atoms in total. The van der Waals surface area contributed by atoms with Crippen molar-refractivity contribution in [3.05, 3.63) is 0 Å². The molecule has 10 atom stereocenters. The zero-order valence-electron chi connectivity index (χ0n) is 15.3. The predicted octanol–water partition coefficient (Wildman–Crippen LogP) is -4.74. The van der Waals surface area contributed by atoms with E-state index in [1.54, 1.807) is 0 Å². The van der Waals surface area contributed by atoms with E-state index >= 15 is 0 Å². The molecule has 0 aromatic heterocycles. The Morgan fingerprint density at radius 1 is 0.963 bits per heavy atom. The van der Waals surface area contributed by atoms with Gasteiger partial charge in [-0.05, 0) is 6.92 Å². The number of aliphatic hydroxyl groups excluding tert-OH is 8. The number of methoxy groups -OCH3 is 2. The van der Waals surface area contributed by atoms with E-state index in [1.165, 1.54) is 14.0 Å². The molecule has 0 radical (unpaired) electrons. The molecule has 0 spiro atoms. The van der Waals surface area contributed by atoms with Crippen LogP contribution in [0.15, 0.2) is 0 Å². The van der Waals surface area contributed by atoms with Gasteiger partial charge in [-0.1, -0.05) is 0 Å². The van der Waals surface area contributed by atoms with E-state index in [9.17, 15) is 35.7 Å². The minimum atomic E-state index is -1.95. The number of hydrogen-bond donors (Lipinski definition) is 8. The van der Waals surface area contributed by atoms with Gasteiger partial charge in [0.05, 0.1) is 13.2 Å². The first-order valence-electron chi connectivity index (χ1n) is 8.28. The van der Waals surface area contributed by atoms with Crippen LogP contribution in [0.25, 0.3) is 0 Å². The first-order chi connectivity index (χ1) is 12.5. The van der Waals surface area contributed by atoms with Crippen LogP contribution in [0.4, 0.5) is 0 Å². The predicted molar refractivity (Wildman–Crippen MR) is 86.2 cm³/mol. The average Bonchev–Trinajstić information content (AvgIpc) is 2.68. The molecule has 8 N–H and O–H groups in total. The van der Waals surface area contributed by atoms with Gasteiger partial charge >= 0.3 is 0 Å². The van der Waals surface area contributed by atoms with Crippen molar-refractivity contribution in [1.29, 1.82) is 0 Å². The van der Waals surface area contributed by atoms with Gasteiger partial charge < -0.3 is 59.8 Å². The molecule has 0 bridgehead atoms. The van der Waals surface area contributed by atoms with Gasteiger partial charge in [0.15, 0.2) is 12.1 Å². The molecular weight excluding hydrogens is 372 g/mol. The molecule has 1 heterocycles. The van der Waals surface area contributed by atoms with Crippen molar-refractivity contribution in [2.75, 3.05) is 27.4 Å². The van der Waals surface area contributed by atoms with E-state index < -0.39 is 74.1 Å². The summed E-state index contributed by atoms with van der Waals surface area (Å²) in [7, 11) is 2.36. The topological polar surface area (TPSA) is 199 Å². The third-order valence-electron chi connectivity index (χ3n) is 4.63. The first kappa shape index (κ1) is 24.6. The van der Waals surface area contributed by atoms with Crippen molar-refractivity contribution in [2.45, 2.75) is 67.8 Å². The highest BCUT2D eigenvalue weighted by atomic mass is 16.7. The molecule has 0 aliphatic carbocycles. The molecule has 0 unspecified atom stereocenters. The van der Waals surface area contributed by atoms with Crippen LogP contribution in [-0.4, -0.2) is 129 Å². The monoisotopic (exact) mass is 402 g/mol. The summed E-state index contributed by atoms with van der Waals surface area (Å²) in [4.78, 5) is 0. The van der Waals surface area contributed by atoms with Crippen molar-refractivity contribution >= 4 is 0 Å². The van der Waals surface area contributed by atoms with Crippen LogP contribution < -0.4 is 0 Å². The Bertz CT molecular complexity index is 437. The number of aliphatic hydroxyl groups is 8. The highest BCUT2D eigenvalue weighted by molar-refractivity contribution is 4.91. The molecule has 0 aromatic rings. The van der Waals surface area contributed by atoms with E-state index in [0.717, 1.165) is 7.11 Å². The summed E-state index contributed by atoms with van der Waals surface area (Å²) in [6.45, 7) is -0.0962. The Kier molecular flexibility index (Phi) is 9.41. The van der Waals surface area contributed by atoms with Gasteiger partial charge in [-0.3, -0.25) is 0 Å². The van der Waals surface area contributed by atoms with Crippen molar-refractivity contribution in [1.82, 2.24) is 0 Å². The van der Waals surface area contributed by atoms with E-state index in [2.05, 4.69) is 0 Å². The summed E-state index contributed by atoms with van der Waals surface area (Å²) in [5.74, 6) is -1.93. The van der Waals surface area contributed by atoms with Crippen LogP contribution in [0.3, 0.4) is 0 Å². The van der Waals surface area contributed by atoms with Gasteiger partial charge in [0.1, 0.15) is 48.8 Å². The van der Waals surface area contributed by atoms with Crippen LogP contribution in [0, 0.1) is 0 Å². The lowest BCUT2D eigenvalue weighted by molar-refractivity contribution is -0.328. The zero-order valence-corrected chi connectivity index (χ0v) is 15.3. The van der Waals surface area contributed by atoms with E-state index in [4.69, 9.17) is 24.1 Å². The van der Waals surface area contributed by atoms with Crippen LogP contribution in [0.1, 0.15) is 6.92 Å². The van der Waals surface area contributed by atoms with Gasteiger partial charge in [0, 0.05) is 14.2 Å². The number of ether oxygens (including phenoxy) is 4. The van der Waals surface area contributed by atoms with Gasteiger partial charge in [-0.25, -0.2) is 0 Å². The third-order valence-corrected chi connectivity index (χ3v) is 4.63. The molecule has 1 fully saturated rings. The second-order valence-electron chi connectivity index (χ2n) is 6.46. The SMILES string of the molecule is CO[C@H]1O[C@H](CO[C@](C)(OC)[C@@H](O)[C@@H](O)[C@H](O)[C@@H](O)CO)[C@@H](O)[C@H](O)[C@H]1O. The molecule has 1 aliphatic rings. The maximum Gasteiger partial charge on any atom is 0.194 e. The number of rotatable bonds is 10. The fraction of sp³-hybridized carbons (Fsp3) is 1.00. The fourth-order valence-electron chi connectivity index (χ4n) is 2.59. The van der Waals surface area contributed by atoms with Crippen LogP contribution in [0.2, 0.25) is 0 Å². The molecule has 12 heteroatoms. The zero-order chi connectivity index (χ0) is 20.9. The lowest BCUT2D eigenvalue weighted by Crippen LogP contribution is -2.61. The smallest absolute Gasteiger partial charge is 0.194 e. The summed E-state index contributed by atoms with van der Waals surface area (Å²) >= 11 is 0. The van der Waals surface area contributed by atoms with E-state index in [-0.39, 0.29) is 0 Å². The van der Waals surface area contributed by atoms with Gasteiger partial charge in [0.2, 0.25) is 0 Å². The van der Waals surface area contributed by atoms with E-state index in [0.29, 0.717) is 0 Å². The first-order valence-corrected chi connectivity index (χ1v) is 8.28. The van der Waals surface area contributed by atoms with Crippen molar-refractivity contribution in [2.24, 2.45) is 0 Å². The van der Waals surface area contributed by atoms with Crippen LogP contribution >= 0.6 is 0 Å². The molecule has 0 saturated carbocycles.